The van der Waals surface area contributed by atoms with Crippen LogP contribution in [-0.4, -0.2) is 10.7 Å². The maximum atomic E-state index is 11.1. The van der Waals surface area contributed by atoms with Gasteiger partial charge in [-0.15, -0.1) is 0 Å². The molecule has 0 saturated carbocycles. The second-order valence-electron chi connectivity index (χ2n) is 6.46. The van der Waals surface area contributed by atoms with Crippen LogP contribution in [-0.2, 0) is 0 Å². The van der Waals surface area contributed by atoms with Gasteiger partial charge in [0.25, 0.3) is 0 Å². The fraction of sp³-hybridized carbons (Fsp3) is 0.350. The number of rotatable bonds is 2. The maximum Gasteiger partial charge on any atom is 0.159 e. The zero-order valence-corrected chi connectivity index (χ0v) is 13.5. The lowest BCUT2D eigenvalue weighted by Crippen LogP contribution is -2.56. The van der Waals surface area contributed by atoms with Gasteiger partial charge in [0.1, 0.15) is 0 Å². The summed E-state index contributed by atoms with van der Waals surface area (Å²) in [5.41, 5.74) is 0.828. The summed E-state index contributed by atoms with van der Waals surface area (Å²) in [6.45, 7) is 3.90. The van der Waals surface area contributed by atoms with Gasteiger partial charge in [-0.05, 0) is 11.1 Å². The maximum absolute atomic E-state index is 11.1. The number of nitrogens with one attached hydrogen (secondary N) is 1. The number of nitrogens with zero attached hydrogens (tertiary/aromatic N) is 1. The van der Waals surface area contributed by atoms with E-state index in [4.69, 9.17) is 0 Å². The van der Waals surface area contributed by atoms with Crippen molar-refractivity contribution in [3.63, 3.8) is 0 Å². The molecule has 3 heteroatoms. The monoisotopic (exact) mass is 306 g/mol. The van der Waals surface area contributed by atoms with Gasteiger partial charge in [-0.3, -0.25) is 0 Å². The van der Waals surface area contributed by atoms with Crippen molar-refractivity contribution in [1.29, 1.82) is 5.26 Å². The van der Waals surface area contributed by atoms with Crippen molar-refractivity contribution in [2.45, 2.75) is 31.5 Å². The van der Waals surface area contributed by atoms with Crippen LogP contribution < -0.4 is 5.32 Å². The Balaban J connectivity index is 2.04. The molecular weight excluding hydrogens is 284 g/mol. The van der Waals surface area contributed by atoms with Gasteiger partial charge in [0.2, 0.25) is 0 Å². The molecule has 3 rings (SSSR count). The van der Waals surface area contributed by atoms with Crippen LogP contribution in [0.25, 0.3) is 0 Å². The number of hydrogen-bond acceptors (Lipinski definition) is 3. The number of hydrogen-bond donors (Lipinski definition) is 2. The molecule has 1 saturated heterocycles. The predicted octanol–water partition coefficient (Wildman–Crippen LogP) is 3.60. The highest BCUT2D eigenvalue weighted by molar-refractivity contribution is 5.30. The van der Waals surface area contributed by atoms with E-state index in [1.54, 1.807) is 0 Å². The van der Waals surface area contributed by atoms with Crippen LogP contribution >= 0.6 is 0 Å². The molecule has 2 N–H and O–H groups in total. The second kappa shape index (κ2) is 6.16. The van der Waals surface area contributed by atoms with Gasteiger partial charge in [-0.1, -0.05) is 74.5 Å². The first-order chi connectivity index (χ1) is 11.1. The standard InChI is InChI=1S/C20H22N2O/c1-14-18(16-9-5-3-6-10-16)22-19(15(2)20(14,23)13-21)17-11-7-4-8-12-17/h3-12,14-15,18-19,22-23H,1-2H3/t14-,15+,18-,19-,20?/m0/s1. The van der Waals surface area contributed by atoms with Gasteiger partial charge in [0.05, 0.1) is 6.07 Å². The fourth-order valence-electron chi connectivity index (χ4n) is 3.70. The van der Waals surface area contributed by atoms with E-state index in [0.29, 0.717) is 0 Å². The molecule has 1 aliphatic rings. The summed E-state index contributed by atoms with van der Waals surface area (Å²) in [6, 6.07) is 22.2. The number of aliphatic hydroxyl groups is 1. The fourth-order valence-corrected chi connectivity index (χ4v) is 3.70. The first kappa shape index (κ1) is 15.7. The molecule has 1 unspecified atom stereocenters. The summed E-state index contributed by atoms with van der Waals surface area (Å²) in [5.74, 6) is -0.408. The normalized spacial score (nSPS) is 33.8. The quantitative estimate of drug-likeness (QED) is 0.834. The van der Waals surface area contributed by atoms with E-state index in [9.17, 15) is 10.4 Å². The minimum atomic E-state index is -1.37. The number of benzene rings is 2. The van der Waals surface area contributed by atoms with E-state index < -0.39 is 5.60 Å². The molecule has 1 fully saturated rings. The van der Waals surface area contributed by atoms with E-state index in [-0.39, 0.29) is 23.9 Å². The highest BCUT2D eigenvalue weighted by atomic mass is 16.3. The lowest BCUT2D eigenvalue weighted by Gasteiger charge is -2.48. The Morgan fingerprint density at radius 1 is 0.870 bits per heavy atom. The van der Waals surface area contributed by atoms with E-state index in [1.165, 1.54) is 0 Å². The van der Waals surface area contributed by atoms with Crippen molar-refractivity contribution in [2.75, 3.05) is 0 Å². The van der Waals surface area contributed by atoms with Gasteiger partial charge in [-0.2, -0.15) is 5.26 Å². The Hall–Kier alpha value is -2.15. The minimum absolute atomic E-state index is 0.0674. The summed E-state index contributed by atoms with van der Waals surface area (Å²) < 4.78 is 0. The van der Waals surface area contributed by atoms with Gasteiger partial charge >= 0.3 is 0 Å². The lowest BCUT2D eigenvalue weighted by molar-refractivity contribution is -0.0662. The first-order valence-corrected chi connectivity index (χ1v) is 8.07. The van der Waals surface area contributed by atoms with E-state index >= 15 is 0 Å². The molecule has 2 aromatic carbocycles. The highest BCUT2D eigenvalue weighted by Gasteiger charge is 2.51. The third-order valence-corrected chi connectivity index (χ3v) is 5.24. The molecular formula is C20H22N2O. The lowest BCUT2D eigenvalue weighted by atomic mass is 9.67. The van der Waals surface area contributed by atoms with E-state index in [1.807, 2.05) is 74.5 Å². The third kappa shape index (κ3) is 2.65. The van der Waals surface area contributed by atoms with Crippen LogP contribution in [0.3, 0.4) is 0 Å². The molecule has 3 nitrogen and oxygen atoms in total. The largest absolute Gasteiger partial charge is 0.375 e. The van der Waals surface area contributed by atoms with Crippen LogP contribution in [0.15, 0.2) is 60.7 Å². The van der Waals surface area contributed by atoms with Crippen LogP contribution in [0.1, 0.15) is 37.1 Å². The average molecular weight is 306 g/mol. The van der Waals surface area contributed by atoms with Crippen LogP contribution in [0.2, 0.25) is 0 Å². The molecule has 118 valence electrons. The average Bonchev–Trinajstić information content (AvgIpc) is 2.61. The third-order valence-electron chi connectivity index (χ3n) is 5.24. The molecule has 1 aliphatic heterocycles. The Bertz CT molecular complexity index is 641. The van der Waals surface area contributed by atoms with Crippen molar-refractivity contribution < 1.29 is 5.11 Å². The number of piperidine rings is 1. The highest BCUT2D eigenvalue weighted by Crippen LogP contribution is 2.46. The smallest absolute Gasteiger partial charge is 0.159 e. The topological polar surface area (TPSA) is 56.0 Å². The van der Waals surface area contributed by atoms with Crippen LogP contribution in [0.5, 0.6) is 0 Å². The van der Waals surface area contributed by atoms with E-state index in [0.717, 1.165) is 11.1 Å². The molecule has 5 atom stereocenters. The van der Waals surface area contributed by atoms with Gasteiger partial charge < -0.3 is 10.4 Å². The summed E-state index contributed by atoms with van der Waals surface area (Å²) in [4.78, 5) is 0. The van der Waals surface area contributed by atoms with Gasteiger partial charge in [-0.25, -0.2) is 0 Å². The Morgan fingerprint density at radius 2 is 1.26 bits per heavy atom. The minimum Gasteiger partial charge on any atom is -0.375 e. The molecule has 0 aliphatic carbocycles. The molecule has 1 heterocycles. The molecule has 0 bridgehead atoms. The molecule has 0 amide bonds. The van der Waals surface area contributed by atoms with Crippen LogP contribution in [0.4, 0.5) is 0 Å². The summed E-state index contributed by atoms with van der Waals surface area (Å²) in [6.07, 6.45) is 0. The predicted molar refractivity (Wildman–Crippen MR) is 90.4 cm³/mol. The van der Waals surface area contributed by atoms with Crippen LogP contribution in [0, 0.1) is 23.2 Å². The van der Waals surface area contributed by atoms with Crippen molar-refractivity contribution >= 4 is 0 Å². The van der Waals surface area contributed by atoms with Crippen molar-refractivity contribution in [1.82, 2.24) is 5.32 Å². The molecule has 0 radical (unpaired) electrons. The molecule has 23 heavy (non-hydrogen) atoms. The first-order valence-electron chi connectivity index (χ1n) is 8.07. The van der Waals surface area contributed by atoms with Gasteiger partial charge in [0.15, 0.2) is 5.60 Å². The Labute approximate surface area is 137 Å². The summed E-state index contributed by atoms with van der Waals surface area (Å²) >= 11 is 0. The Morgan fingerprint density at radius 3 is 1.61 bits per heavy atom. The molecule has 2 aromatic rings. The zero-order chi connectivity index (χ0) is 16.4. The SMILES string of the molecule is C[C@@H]1[C@@H](c2ccccc2)N[C@H](c2ccccc2)[C@H](C)C1(O)C#N. The summed E-state index contributed by atoms with van der Waals surface area (Å²) in [5, 5.41) is 24.4. The number of nitriles is 1. The van der Waals surface area contributed by atoms with Crippen molar-refractivity contribution in [3.05, 3.63) is 71.8 Å². The van der Waals surface area contributed by atoms with E-state index in [2.05, 4.69) is 11.4 Å². The summed E-state index contributed by atoms with van der Waals surface area (Å²) in [7, 11) is 0. The van der Waals surface area contributed by atoms with Crippen molar-refractivity contribution in [3.8, 4) is 6.07 Å². The molecule has 0 spiro atoms. The zero-order valence-electron chi connectivity index (χ0n) is 13.5. The van der Waals surface area contributed by atoms with Gasteiger partial charge in [0, 0.05) is 23.9 Å². The second-order valence-corrected chi connectivity index (χ2v) is 6.46. The molecule has 0 aromatic heterocycles. The van der Waals surface area contributed by atoms with Crippen molar-refractivity contribution in [2.24, 2.45) is 11.8 Å². The Kier molecular flexibility index (Phi) is 4.21.